The Kier molecular flexibility index (Phi) is 6.79. The van der Waals surface area contributed by atoms with Crippen molar-refractivity contribution < 1.29 is 23.8 Å². The molecule has 1 saturated heterocycles. The van der Waals surface area contributed by atoms with Crippen molar-refractivity contribution in [3.63, 3.8) is 0 Å². The van der Waals surface area contributed by atoms with Crippen LogP contribution in [0.15, 0.2) is 36.5 Å². The van der Waals surface area contributed by atoms with Crippen LogP contribution in [0, 0.1) is 5.82 Å². The molecule has 1 aliphatic heterocycles. The van der Waals surface area contributed by atoms with Crippen molar-refractivity contribution in [1.29, 1.82) is 0 Å². The fraction of sp³-hybridized carbons (Fsp3) is 0.464. The van der Waals surface area contributed by atoms with Crippen molar-refractivity contribution in [3.8, 4) is 11.1 Å². The first-order chi connectivity index (χ1) is 17.2. The van der Waals surface area contributed by atoms with Gasteiger partial charge in [-0.3, -0.25) is 9.48 Å². The zero-order valence-corrected chi connectivity index (χ0v) is 22.5. The average Bonchev–Trinajstić information content (AvgIpc) is 3.16. The van der Waals surface area contributed by atoms with E-state index in [1.807, 2.05) is 32.9 Å². The topological polar surface area (TPSA) is 87.9 Å². The van der Waals surface area contributed by atoms with Gasteiger partial charge in [-0.1, -0.05) is 6.07 Å². The summed E-state index contributed by atoms with van der Waals surface area (Å²) in [6.07, 6.45) is 1.21. The largest absolute Gasteiger partial charge is 0.444 e. The second kappa shape index (κ2) is 9.45. The molecule has 2 heterocycles. The number of amides is 2. The Bertz CT molecular complexity index is 1350. The molecule has 37 heavy (non-hydrogen) atoms. The van der Waals surface area contributed by atoms with Gasteiger partial charge in [-0.2, -0.15) is 5.10 Å². The fourth-order valence-electron chi connectivity index (χ4n) is 4.79. The number of carbonyl (C=O) groups is 2. The maximum absolute atomic E-state index is 14.4. The van der Waals surface area contributed by atoms with Gasteiger partial charge in [-0.25, -0.2) is 9.18 Å². The van der Waals surface area contributed by atoms with E-state index in [0.717, 1.165) is 10.9 Å². The van der Waals surface area contributed by atoms with E-state index in [4.69, 9.17) is 4.74 Å². The molecule has 3 aromatic rings. The summed E-state index contributed by atoms with van der Waals surface area (Å²) in [5.74, 6) is -0.774. The minimum atomic E-state index is -1.30. The molecule has 0 spiro atoms. The van der Waals surface area contributed by atoms with E-state index in [9.17, 15) is 19.1 Å². The number of nitrogens with zero attached hydrogens (tertiary/aromatic N) is 4. The van der Waals surface area contributed by atoms with Gasteiger partial charge in [0.25, 0.3) is 5.91 Å². The predicted molar refractivity (Wildman–Crippen MR) is 140 cm³/mol. The van der Waals surface area contributed by atoms with Crippen molar-refractivity contribution >= 4 is 22.9 Å². The van der Waals surface area contributed by atoms with Crippen molar-refractivity contribution in [1.82, 2.24) is 19.6 Å². The summed E-state index contributed by atoms with van der Waals surface area (Å²) in [6.45, 7) is 11.7. The molecule has 1 aliphatic rings. The van der Waals surface area contributed by atoms with Crippen molar-refractivity contribution in [2.24, 2.45) is 7.05 Å². The van der Waals surface area contributed by atoms with Crippen LogP contribution in [0.25, 0.3) is 22.0 Å². The Morgan fingerprint density at radius 1 is 1.19 bits per heavy atom. The number of likely N-dealkylation sites (tertiary alicyclic amines) is 1. The smallest absolute Gasteiger partial charge is 0.410 e. The molecule has 8 nitrogen and oxygen atoms in total. The number of rotatable bonds is 5. The number of carbonyl (C=O) groups excluding carboxylic acids is 2. The number of aliphatic hydroxyl groups is 1. The van der Waals surface area contributed by atoms with Crippen LogP contribution < -0.4 is 0 Å². The molecule has 0 bridgehead atoms. The molecule has 0 atom stereocenters. The van der Waals surface area contributed by atoms with E-state index in [1.165, 1.54) is 17.0 Å². The highest BCUT2D eigenvalue weighted by molar-refractivity contribution is 6.05. The van der Waals surface area contributed by atoms with Crippen LogP contribution in [0.2, 0.25) is 0 Å². The van der Waals surface area contributed by atoms with E-state index >= 15 is 0 Å². The highest BCUT2D eigenvalue weighted by Gasteiger charge is 2.47. The molecule has 0 unspecified atom stereocenters. The summed E-state index contributed by atoms with van der Waals surface area (Å²) in [5, 5.41) is 16.6. The summed E-state index contributed by atoms with van der Waals surface area (Å²) in [7, 11) is 1.79. The van der Waals surface area contributed by atoms with E-state index < -0.39 is 23.1 Å². The van der Waals surface area contributed by atoms with Crippen molar-refractivity contribution in [2.45, 2.75) is 58.8 Å². The maximum Gasteiger partial charge on any atom is 0.410 e. The standard InChI is InChI=1S/C28H35FN4O4/c1-8-33(17(2)3)25(34)22-13-19(29)9-10-20(22)21-11-18(12-24-23(21)14-30-31(24)7)28(36)15-32(16-28)26(35)37-27(4,5)6/h9-14,17,36H,8,15-16H2,1-7H3. The molecule has 9 heteroatoms. The van der Waals surface area contributed by atoms with Crippen LogP contribution in [-0.2, 0) is 17.4 Å². The van der Waals surface area contributed by atoms with Crippen molar-refractivity contribution in [3.05, 3.63) is 53.5 Å². The van der Waals surface area contributed by atoms with Gasteiger partial charge in [0.05, 0.1) is 30.4 Å². The molecule has 1 aromatic heterocycles. The lowest BCUT2D eigenvalue weighted by atomic mass is 9.83. The van der Waals surface area contributed by atoms with E-state index in [0.29, 0.717) is 23.2 Å². The highest BCUT2D eigenvalue weighted by Crippen LogP contribution is 2.40. The third-order valence-corrected chi connectivity index (χ3v) is 6.69. The van der Waals surface area contributed by atoms with E-state index in [2.05, 4.69) is 5.10 Å². The highest BCUT2D eigenvalue weighted by atomic mass is 19.1. The molecular formula is C28H35FN4O4. The number of halogens is 1. The SMILES string of the molecule is CCN(C(=O)c1cc(F)ccc1-c1cc(C2(O)CN(C(=O)OC(C)(C)C)C2)cc2c1cnn2C)C(C)C. The van der Waals surface area contributed by atoms with Crippen molar-refractivity contribution in [2.75, 3.05) is 19.6 Å². The van der Waals surface area contributed by atoms with Gasteiger partial charge >= 0.3 is 6.09 Å². The molecule has 2 amide bonds. The molecule has 0 saturated carbocycles. The first-order valence-corrected chi connectivity index (χ1v) is 12.5. The first kappa shape index (κ1) is 26.6. The second-order valence-electron chi connectivity index (χ2n) is 11.0. The number of aryl methyl sites for hydroxylation is 1. The molecule has 1 N–H and O–H groups in total. The summed E-state index contributed by atoms with van der Waals surface area (Å²) >= 11 is 0. The summed E-state index contributed by atoms with van der Waals surface area (Å²) in [5.41, 5.74) is 0.841. The quantitative estimate of drug-likeness (QED) is 0.538. The summed E-state index contributed by atoms with van der Waals surface area (Å²) in [4.78, 5) is 29.1. The van der Waals surface area contributed by atoms with Gasteiger partial charge in [0.1, 0.15) is 17.0 Å². The zero-order chi connectivity index (χ0) is 27.3. The molecular weight excluding hydrogens is 475 g/mol. The molecule has 2 aromatic carbocycles. The van der Waals surface area contributed by atoms with E-state index in [1.54, 1.807) is 49.7 Å². The first-order valence-electron chi connectivity index (χ1n) is 12.5. The Balaban J connectivity index is 1.80. The van der Waals surface area contributed by atoms with Crippen LogP contribution in [0.4, 0.5) is 9.18 Å². The van der Waals surface area contributed by atoms with Crippen LogP contribution in [-0.4, -0.2) is 68.0 Å². The number of aromatic nitrogens is 2. The van der Waals surface area contributed by atoms with Crippen LogP contribution >= 0.6 is 0 Å². The van der Waals surface area contributed by atoms with Crippen LogP contribution in [0.5, 0.6) is 0 Å². The number of hydrogen-bond acceptors (Lipinski definition) is 5. The number of β-amino-alcohol motifs (C(OH)–C–C–N with tert-alkyl or cyclic N) is 1. The lowest BCUT2D eigenvalue weighted by Gasteiger charge is -2.46. The monoisotopic (exact) mass is 510 g/mol. The van der Waals surface area contributed by atoms with Gasteiger partial charge in [-0.15, -0.1) is 0 Å². The van der Waals surface area contributed by atoms with Gasteiger partial charge in [0.15, 0.2) is 0 Å². The zero-order valence-electron chi connectivity index (χ0n) is 22.5. The van der Waals surface area contributed by atoms with Crippen LogP contribution in [0.3, 0.4) is 0 Å². The van der Waals surface area contributed by atoms with Gasteiger partial charge < -0.3 is 19.6 Å². The maximum atomic E-state index is 14.4. The predicted octanol–water partition coefficient (Wildman–Crippen LogP) is 4.69. The molecule has 198 valence electrons. The van der Waals surface area contributed by atoms with Crippen LogP contribution in [0.1, 0.15) is 57.5 Å². The third kappa shape index (κ3) is 5.05. The number of hydrogen-bond donors (Lipinski definition) is 1. The van der Waals surface area contributed by atoms with Gasteiger partial charge in [0.2, 0.25) is 0 Å². The Labute approximate surface area is 216 Å². The number of ether oxygens (including phenoxy) is 1. The summed E-state index contributed by atoms with van der Waals surface area (Å²) in [6, 6.07) is 7.78. The molecule has 1 fully saturated rings. The minimum absolute atomic E-state index is 0.0621. The molecule has 4 rings (SSSR count). The van der Waals surface area contributed by atoms with Gasteiger partial charge in [0, 0.05) is 25.0 Å². The minimum Gasteiger partial charge on any atom is -0.444 e. The Morgan fingerprint density at radius 3 is 2.46 bits per heavy atom. The summed E-state index contributed by atoms with van der Waals surface area (Å²) < 4.78 is 21.5. The fourth-order valence-corrected chi connectivity index (χ4v) is 4.79. The normalized spacial score (nSPS) is 15.1. The Morgan fingerprint density at radius 2 is 1.86 bits per heavy atom. The van der Waals surface area contributed by atoms with Gasteiger partial charge in [-0.05, 0) is 82.5 Å². The lowest BCUT2D eigenvalue weighted by molar-refractivity contribution is -0.103. The number of benzene rings is 2. The second-order valence-corrected chi connectivity index (χ2v) is 11.0. The molecule has 0 radical (unpaired) electrons. The third-order valence-electron chi connectivity index (χ3n) is 6.69. The average molecular weight is 511 g/mol. The Hall–Kier alpha value is -3.46. The number of fused-ring (bicyclic) bond motifs is 1. The van der Waals surface area contributed by atoms with E-state index in [-0.39, 0.29) is 30.6 Å². The lowest BCUT2D eigenvalue weighted by Crippen LogP contribution is -2.61. The molecule has 0 aliphatic carbocycles.